The number of nitriles is 1. The molecule has 0 aromatic heterocycles. The Balaban J connectivity index is 1.77. The van der Waals surface area contributed by atoms with Crippen molar-refractivity contribution in [2.24, 2.45) is 0 Å². The normalized spacial score (nSPS) is 11.3. The van der Waals surface area contributed by atoms with Crippen molar-refractivity contribution in [2.75, 3.05) is 13.7 Å². The third kappa shape index (κ3) is 5.68. The van der Waals surface area contributed by atoms with E-state index in [9.17, 15) is 4.79 Å². The fraction of sp³-hybridized carbons (Fsp3) is 0.300. The zero-order chi connectivity index (χ0) is 18.9. The summed E-state index contributed by atoms with van der Waals surface area (Å²) in [7, 11) is 1.52. The van der Waals surface area contributed by atoms with Gasteiger partial charge >= 0.3 is 0 Å². The Bertz CT molecular complexity index is 802. The Morgan fingerprint density at radius 1 is 1.27 bits per heavy atom. The summed E-state index contributed by atoms with van der Waals surface area (Å²) in [6.45, 7) is 2.29. The molecule has 26 heavy (non-hydrogen) atoms. The monoisotopic (exact) mass is 372 g/mol. The number of rotatable bonds is 8. The lowest BCUT2D eigenvalue weighted by atomic mass is 10.1. The lowest BCUT2D eigenvalue weighted by Gasteiger charge is -2.15. The van der Waals surface area contributed by atoms with Gasteiger partial charge in [-0.25, -0.2) is 0 Å². The molecule has 2 aromatic carbocycles. The van der Waals surface area contributed by atoms with Crippen LogP contribution in [0.25, 0.3) is 0 Å². The quantitative estimate of drug-likeness (QED) is 0.703. The molecule has 2 aromatic rings. The van der Waals surface area contributed by atoms with Crippen LogP contribution >= 0.6 is 11.6 Å². The fourth-order valence-corrected chi connectivity index (χ4v) is 2.64. The van der Waals surface area contributed by atoms with Crippen molar-refractivity contribution >= 4 is 17.5 Å². The minimum Gasteiger partial charge on any atom is -0.493 e. The average molecular weight is 373 g/mol. The van der Waals surface area contributed by atoms with Crippen molar-refractivity contribution < 1.29 is 14.3 Å². The minimum atomic E-state index is -0.110. The number of methoxy groups -OCH3 is 1. The average Bonchev–Trinajstić information content (AvgIpc) is 2.65. The highest BCUT2D eigenvalue weighted by molar-refractivity contribution is 6.30. The molecule has 1 amide bonds. The maximum atomic E-state index is 12.1. The molecule has 0 aliphatic carbocycles. The molecule has 0 spiro atoms. The number of ether oxygens (including phenoxy) is 2. The summed E-state index contributed by atoms with van der Waals surface area (Å²) < 4.78 is 10.9. The van der Waals surface area contributed by atoms with Gasteiger partial charge in [0.15, 0.2) is 11.5 Å². The Kier molecular flexibility index (Phi) is 7.31. The number of carbonyl (C=O) groups is 1. The first-order valence-electron chi connectivity index (χ1n) is 8.29. The van der Waals surface area contributed by atoms with Gasteiger partial charge < -0.3 is 14.8 Å². The SMILES string of the molecule is COc1cc(C#N)ccc1OCCCC(=O)NC(C)c1cccc(Cl)c1. The third-order valence-corrected chi connectivity index (χ3v) is 4.06. The molecular weight excluding hydrogens is 352 g/mol. The predicted molar refractivity (Wildman–Crippen MR) is 100 cm³/mol. The Hall–Kier alpha value is -2.71. The summed E-state index contributed by atoms with van der Waals surface area (Å²) in [5, 5.41) is 12.5. The molecule has 1 atom stereocenters. The molecule has 136 valence electrons. The molecule has 0 aliphatic rings. The maximum absolute atomic E-state index is 12.1. The zero-order valence-electron chi connectivity index (χ0n) is 14.8. The van der Waals surface area contributed by atoms with Crippen molar-refractivity contribution in [2.45, 2.75) is 25.8 Å². The van der Waals surface area contributed by atoms with Crippen LogP contribution in [0.2, 0.25) is 5.02 Å². The highest BCUT2D eigenvalue weighted by atomic mass is 35.5. The number of carbonyl (C=O) groups excluding carboxylic acids is 1. The van der Waals surface area contributed by atoms with Crippen LogP contribution in [0.3, 0.4) is 0 Å². The molecule has 1 unspecified atom stereocenters. The standard InChI is InChI=1S/C20H21ClN2O3/c1-14(16-5-3-6-17(21)12-16)23-20(24)7-4-10-26-18-9-8-15(13-22)11-19(18)25-2/h3,5-6,8-9,11-12,14H,4,7,10H2,1-2H3,(H,23,24). The second kappa shape index (κ2) is 9.69. The van der Waals surface area contributed by atoms with Crippen LogP contribution in [0.1, 0.15) is 36.9 Å². The highest BCUT2D eigenvalue weighted by Crippen LogP contribution is 2.28. The van der Waals surface area contributed by atoms with Crippen molar-refractivity contribution in [3.63, 3.8) is 0 Å². The third-order valence-electron chi connectivity index (χ3n) is 3.82. The van der Waals surface area contributed by atoms with Gasteiger partial charge in [-0.3, -0.25) is 4.79 Å². The summed E-state index contributed by atoms with van der Waals surface area (Å²) in [5.74, 6) is 1.01. The summed E-state index contributed by atoms with van der Waals surface area (Å²) in [6.07, 6.45) is 0.917. The molecular formula is C20H21ClN2O3. The molecule has 0 fully saturated rings. The lowest BCUT2D eigenvalue weighted by Crippen LogP contribution is -2.26. The van der Waals surface area contributed by atoms with Gasteiger partial charge in [-0.1, -0.05) is 23.7 Å². The second-order valence-electron chi connectivity index (χ2n) is 5.77. The van der Waals surface area contributed by atoms with E-state index in [0.29, 0.717) is 41.5 Å². The molecule has 0 bridgehead atoms. The first-order chi connectivity index (χ1) is 12.5. The maximum Gasteiger partial charge on any atom is 0.220 e. The number of nitrogens with zero attached hydrogens (tertiary/aromatic N) is 1. The summed E-state index contributed by atoms with van der Waals surface area (Å²) in [6, 6.07) is 14.3. The molecule has 0 aliphatic heterocycles. The number of amides is 1. The van der Waals surface area contributed by atoms with Crippen LogP contribution in [0.15, 0.2) is 42.5 Å². The van der Waals surface area contributed by atoms with E-state index in [1.807, 2.05) is 31.2 Å². The number of hydrogen-bond donors (Lipinski definition) is 1. The van der Waals surface area contributed by atoms with Gasteiger partial charge in [0.2, 0.25) is 5.91 Å². The molecule has 1 N–H and O–H groups in total. The van der Waals surface area contributed by atoms with Crippen LogP contribution in [-0.4, -0.2) is 19.6 Å². The van der Waals surface area contributed by atoms with Crippen LogP contribution in [0.5, 0.6) is 11.5 Å². The fourth-order valence-electron chi connectivity index (χ4n) is 2.44. The zero-order valence-corrected chi connectivity index (χ0v) is 15.5. The Labute approximate surface area is 158 Å². The topological polar surface area (TPSA) is 71.3 Å². The smallest absolute Gasteiger partial charge is 0.220 e. The summed E-state index contributed by atoms with van der Waals surface area (Å²) >= 11 is 5.97. The van der Waals surface area contributed by atoms with Gasteiger partial charge in [0.25, 0.3) is 0 Å². The predicted octanol–water partition coefficient (Wildman–Crippen LogP) is 4.26. The van der Waals surface area contributed by atoms with Gasteiger partial charge in [0.1, 0.15) is 0 Å². The number of nitrogens with one attached hydrogen (secondary N) is 1. The van der Waals surface area contributed by atoms with Gasteiger partial charge in [0.05, 0.1) is 31.4 Å². The number of halogens is 1. The van der Waals surface area contributed by atoms with E-state index in [2.05, 4.69) is 5.32 Å². The van der Waals surface area contributed by atoms with Gasteiger partial charge in [-0.2, -0.15) is 5.26 Å². The largest absolute Gasteiger partial charge is 0.493 e. The molecule has 0 saturated heterocycles. The Morgan fingerprint density at radius 3 is 2.77 bits per heavy atom. The first kappa shape index (κ1) is 19.6. The highest BCUT2D eigenvalue weighted by Gasteiger charge is 2.10. The molecule has 0 saturated carbocycles. The van der Waals surface area contributed by atoms with Crippen molar-refractivity contribution in [1.82, 2.24) is 5.32 Å². The second-order valence-corrected chi connectivity index (χ2v) is 6.21. The van der Waals surface area contributed by atoms with Crippen molar-refractivity contribution in [3.8, 4) is 17.6 Å². The minimum absolute atomic E-state index is 0.0483. The van der Waals surface area contributed by atoms with Crippen LogP contribution in [-0.2, 0) is 4.79 Å². The van der Waals surface area contributed by atoms with E-state index in [0.717, 1.165) is 5.56 Å². The molecule has 0 heterocycles. The first-order valence-corrected chi connectivity index (χ1v) is 8.67. The number of benzene rings is 2. The lowest BCUT2D eigenvalue weighted by molar-refractivity contribution is -0.121. The van der Waals surface area contributed by atoms with E-state index in [-0.39, 0.29) is 11.9 Å². The molecule has 2 rings (SSSR count). The number of hydrogen-bond acceptors (Lipinski definition) is 4. The van der Waals surface area contributed by atoms with E-state index in [4.69, 9.17) is 26.3 Å². The van der Waals surface area contributed by atoms with E-state index >= 15 is 0 Å². The van der Waals surface area contributed by atoms with Gasteiger partial charge in [-0.05, 0) is 43.2 Å². The van der Waals surface area contributed by atoms with E-state index in [1.165, 1.54) is 7.11 Å². The van der Waals surface area contributed by atoms with Gasteiger partial charge in [-0.15, -0.1) is 0 Å². The van der Waals surface area contributed by atoms with Crippen molar-refractivity contribution in [3.05, 3.63) is 58.6 Å². The van der Waals surface area contributed by atoms with Crippen molar-refractivity contribution in [1.29, 1.82) is 5.26 Å². The molecule has 0 radical (unpaired) electrons. The summed E-state index contributed by atoms with van der Waals surface area (Å²) in [4.78, 5) is 12.1. The van der Waals surface area contributed by atoms with Crippen LogP contribution in [0.4, 0.5) is 0 Å². The van der Waals surface area contributed by atoms with Gasteiger partial charge in [0, 0.05) is 17.5 Å². The van der Waals surface area contributed by atoms with Crippen LogP contribution in [0, 0.1) is 11.3 Å². The molecule has 6 heteroatoms. The Morgan fingerprint density at radius 2 is 2.08 bits per heavy atom. The van der Waals surface area contributed by atoms with E-state index < -0.39 is 0 Å². The molecule has 5 nitrogen and oxygen atoms in total. The summed E-state index contributed by atoms with van der Waals surface area (Å²) in [5.41, 5.74) is 1.47. The van der Waals surface area contributed by atoms with E-state index in [1.54, 1.807) is 24.3 Å². The van der Waals surface area contributed by atoms with Crippen LogP contribution < -0.4 is 14.8 Å².